The minimum Gasteiger partial charge on any atom is -0.433 e. The van der Waals surface area contributed by atoms with Crippen molar-refractivity contribution in [3.8, 4) is 5.75 Å². The van der Waals surface area contributed by atoms with E-state index in [-0.39, 0.29) is 35.7 Å². The topological polar surface area (TPSA) is 64.4 Å². The van der Waals surface area contributed by atoms with Gasteiger partial charge in [-0.15, -0.1) is 0 Å². The number of ether oxygens (including phenoxy) is 1. The molecule has 0 aliphatic carbocycles. The second kappa shape index (κ2) is 7.04. The first kappa shape index (κ1) is 15.4. The number of alkyl halides is 2. The smallest absolute Gasteiger partial charge is 0.387 e. The van der Waals surface area contributed by atoms with Crippen LogP contribution in [0.4, 0.5) is 14.5 Å². The number of halogens is 2. The van der Waals surface area contributed by atoms with Crippen LogP contribution in [0.1, 0.15) is 13.8 Å². The maximum Gasteiger partial charge on any atom is 0.387 e. The van der Waals surface area contributed by atoms with Gasteiger partial charge < -0.3 is 15.8 Å². The summed E-state index contributed by atoms with van der Waals surface area (Å²) in [6, 6.07) is 6.05. The van der Waals surface area contributed by atoms with E-state index < -0.39 is 6.61 Å². The Labute approximate surface area is 110 Å². The minimum atomic E-state index is -2.94. The summed E-state index contributed by atoms with van der Waals surface area (Å²) < 4.78 is 28.8. The molecule has 1 atom stereocenters. The van der Waals surface area contributed by atoms with Crippen molar-refractivity contribution in [1.29, 1.82) is 0 Å². The van der Waals surface area contributed by atoms with Gasteiger partial charge in [0.2, 0.25) is 5.91 Å². The van der Waals surface area contributed by atoms with E-state index in [1.807, 2.05) is 13.8 Å². The van der Waals surface area contributed by atoms with Crippen LogP contribution in [-0.4, -0.2) is 19.1 Å². The Morgan fingerprint density at radius 3 is 2.53 bits per heavy atom. The molecule has 4 nitrogen and oxygen atoms in total. The van der Waals surface area contributed by atoms with Crippen LogP contribution in [0.5, 0.6) is 5.75 Å². The summed E-state index contributed by atoms with van der Waals surface area (Å²) in [5, 5.41) is 2.57. The van der Waals surface area contributed by atoms with E-state index in [9.17, 15) is 13.6 Å². The first-order valence-electron chi connectivity index (χ1n) is 6.00. The molecule has 19 heavy (non-hydrogen) atoms. The van der Waals surface area contributed by atoms with Crippen LogP contribution in [-0.2, 0) is 4.79 Å². The first-order chi connectivity index (χ1) is 8.95. The van der Waals surface area contributed by atoms with Gasteiger partial charge in [-0.05, 0) is 18.1 Å². The summed E-state index contributed by atoms with van der Waals surface area (Å²) >= 11 is 0. The molecule has 1 aromatic carbocycles. The third-order valence-corrected chi connectivity index (χ3v) is 2.76. The normalized spacial score (nSPS) is 12.6. The SMILES string of the molecule is CC(C)C(CN)C(=O)Nc1ccccc1OC(F)F. The fourth-order valence-corrected chi connectivity index (χ4v) is 1.68. The Morgan fingerprint density at radius 2 is 2.00 bits per heavy atom. The Bertz CT molecular complexity index is 425. The second-order valence-corrected chi connectivity index (χ2v) is 4.45. The molecule has 3 N–H and O–H groups in total. The molecule has 106 valence electrons. The third kappa shape index (κ3) is 4.48. The van der Waals surface area contributed by atoms with Gasteiger partial charge in [0.1, 0.15) is 5.75 Å². The third-order valence-electron chi connectivity index (χ3n) is 2.76. The molecule has 0 aromatic heterocycles. The molecule has 0 saturated carbocycles. The van der Waals surface area contributed by atoms with Crippen LogP contribution in [0.3, 0.4) is 0 Å². The summed E-state index contributed by atoms with van der Waals surface area (Å²) in [6.45, 7) is 1.01. The molecule has 6 heteroatoms. The van der Waals surface area contributed by atoms with Crippen molar-refractivity contribution in [2.75, 3.05) is 11.9 Å². The lowest BCUT2D eigenvalue weighted by Crippen LogP contribution is -2.33. The van der Waals surface area contributed by atoms with Crippen LogP contribution >= 0.6 is 0 Å². The quantitative estimate of drug-likeness (QED) is 0.836. The molecule has 0 radical (unpaired) electrons. The Balaban J connectivity index is 2.84. The monoisotopic (exact) mass is 272 g/mol. The average Bonchev–Trinajstić information content (AvgIpc) is 2.31. The summed E-state index contributed by atoms with van der Waals surface area (Å²) in [4.78, 5) is 12.0. The highest BCUT2D eigenvalue weighted by molar-refractivity contribution is 5.94. The Morgan fingerprint density at radius 1 is 1.37 bits per heavy atom. The highest BCUT2D eigenvalue weighted by Gasteiger charge is 2.21. The molecule has 0 aliphatic rings. The number of carbonyl (C=O) groups is 1. The van der Waals surface area contributed by atoms with Gasteiger partial charge >= 0.3 is 6.61 Å². The molecule has 0 saturated heterocycles. The lowest BCUT2D eigenvalue weighted by molar-refractivity contribution is -0.120. The molecule has 0 bridgehead atoms. The molecule has 0 heterocycles. The van der Waals surface area contributed by atoms with Gasteiger partial charge in [-0.1, -0.05) is 26.0 Å². The largest absolute Gasteiger partial charge is 0.433 e. The van der Waals surface area contributed by atoms with E-state index in [1.165, 1.54) is 12.1 Å². The van der Waals surface area contributed by atoms with Crippen LogP contribution in [0, 0.1) is 11.8 Å². The van der Waals surface area contributed by atoms with E-state index in [4.69, 9.17) is 5.73 Å². The van der Waals surface area contributed by atoms with Crippen molar-refractivity contribution in [1.82, 2.24) is 0 Å². The molecule has 1 rings (SSSR count). The predicted octanol–water partition coefficient (Wildman–Crippen LogP) is 2.46. The zero-order chi connectivity index (χ0) is 14.4. The number of rotatable bonds is 6. The fraction of sp³-hybridized carbons (Fsp3) is 0.462. The van der Waals surface area contributed by atoms with Gasteiger partial charge in [0.05, 0.1) is 11.6 Å². The first-order valence-corrected chi connectivity index (χ1v) is 6.00. The minimum absolute atomic E-state index is 0.0631. The number of carbonyl (C=O) groups excluding carboxylic acids is 1. The van der Waals surface area contributed by atoms with E-state index in [1.54, 1.807) is 12.1 Å². The number of hydrogen-bond acceptors (Lipinski definition) is 3. The van der Waals surface area contributed by atoms with Crippen LogP contribution in [0.25, 0.3) is 0 Å². The molecule has 0 fully saturated rings. The molecule has 0 spiro atoms. The van der Waals surface area contributed by atoms with Gasteiger partial charge in [-0.3, -0.25) is 4.79 Å². The molecule has 1 amide bonds. The molecular weight excluding hydrogens is 254 g/mol. The standard InChI is InChI=1S/C13H18F2N2O2/c1-8(2)9(7-16)12(18)17-10-5-3-4-6-11(10)19-13(14)15/h3-6,8-9,13H,7,16H2,1-2H3,(H,17,18). The lowest BCUT2D eigenvalue weighted by Gasteiger charge is -2.19. The maximum absolute atomic E-state index is 12.2. The van der Waals surface area contributed by atoms with E-state index in [0.717, 1.165) is 0 Å². The summed E-state index contributed by atoms with van der Waals surface area (Å²) in [5.41, 5.74) is 5.75. The van der Waals surface area contributed by atoms with Crippen LogP contribution in [0.15, 0.2) is 24.3 Å². The van der Waals surface area contributed by atoms with E-state index in [2.05, 4.69) is 10.1 Å². The van der Waals surface area contributed by atoms with Crippen molar-refractivity contribution in [2.45, 2.75) is 20.5 Å². The average molecular weight is 272 g/mol. The number of nitrogens with one attached hydrogen (secondary N) is 1. The second-order valence-electron chi connectivity index (χ2n) is 4.45. The van der Waals surface area contributed by atoms with Gasteiger partial charge in [0, 0.05) is 6.54 Å². The van der Waals surface area contributed by atoms with Crippen molar-refractivity contribution in [3.63, 3.8) is 0 Å². The summed E-state index contributed by atoms with van der Waals surface area (Å²) in [7, 11) is 0. The number of para-hydroxylation sites is 2. The van der Waals surface area contributed by atoms with E-state index >= 15 is 0 Å². The molecule has 0 aliphatic heterocycles. The van der Waals surface area contributed by atoms with Crippen LogP contribution < -0.4 is 15.8 Å². The maximum atomic E-state index is 12.2. The summed E-state index contributed by atoms with van der Waals surface area (Å²) in [6.07, 6.45) is 0. The van der Waals surface area contributed by atoms with Crippen molar-refractivity contribution < 1.29 is 18.3 Å². The number of benzene rings is 1. The van der Waals surface area contributed by atoms with Gasteiger partial charge in [0.15, 0.2) is 0 Å². The Hall–Kier alpha value is -1.69. The van der Waals surface area contributed by atoms with Gasteiger partial charge in [-0.25, -0.2) is 0 Å². The molecule has 1 aromatic rings. The number of anilines is 1. The predicted molar refractivity (Wildman–Crippen MR) is 69.1 cm³/mol. The van der Waals surface area contributed by atoms with Crippen molar-refractivity contribution in [2.24, 2.45) is 17.6 Å². The van der Waals surface area contributed by atoms with Gasteiger partial charge in [0.25, 0.3) is 0 Å². The lowest BCUT2D eigenvalue weighted by atomic mass is 9.95. The molecular formula is C13H18F2N2O2. The highest BCUT2D eigenvalue weighted by Crippen LogP contribution is 2.26. The number of nitrogens with two attached hydrogens (primary N) is 1. The fourth-order valence-electron chi connectivity index (χ4n) is 1.68. The zero-order valence-corrected chi connectivity index (χ0v) is 10.9. The molecule has 1 unspecified atom stereocenters. The zero-order valence-electron chi connectivity index (χ0n) is 10.9. The number of hydrogen-bond donors (Lipinski definition) is 2. The highest BCUT2D eigenvalue weighted by atomic mass is 19.3. The number of amides is 1. The summed E-state index contributed by atoms with van der Waals surface area (Å²) in [5.74, 6) is -0.680. The van der Waals surface area contributed by atoms with Crippen molar-refractivity contribution >= 4 is 11.6 Å². The van der Waals surface area contributed by atoms with Crippen LogP contribution in [0.2, 0.25) is 0 Å². The van der Waals surface area contributed by atoms with Gasteiger partial charge in [-0.2, -0.15) is 8.78 Å². The van der Waals surface area contributed by atoms with Crippen molar-refractivity contribution in [3.05, 3.63) is 24.3 Å². The Kier molecular flexibility index (Phi) is 5.69. The van der Waals surface area contributed by atoms with E-state index in [0.29, 0.717) is 0 Å².